The van der Waals surface area contributed by atoms with E-state index in [1.54, 1.807) is 11.8 Å². The Hall–Kier alpha value is -1.00. The van der Waals surface area contributed by atoms with Crippen molar-refractivity contribution >= 4 is 22.9 Å². The molecule has 4 heteroatoms. The van der Waals surface area contributed by atoms with Gasteiger partial charge < -0.3 is 9.73 Å². The van der Waals surface area contributed by atoms with E-state index in [0.717, 1.165) is 22.9 Å². The number of thioether (sulfide) groups is 1. The second-order valence-electron chi connectivity index (χ2n) is 5.05. The molecule has 0 radical (unpaired) electrons. The summed E-state index contributed by atoms with van der Waals surface area (Å²) in [7, 11) is 0. The van der Waals surface area contributed by atoms with E-state index >= 15 is 0 Å². The molecule has 0 aliphatic heterocycles. The van der Waals surface area contributed by atoms with E-state index in [2.05, 4.69) is 17.2 Å². The van der Waals surface area contributed by atoms with Crippen LogP contribution in [-0.4, -0.2) is 22.8 Å². The summed E-state index contributed by atoms with van der Waals surface area (Å²) in [6, 6.07) is 8.57. The van der Waals surface area contributed by atoms with E-state index in [-0.39, 0.29) is 0 Å². The van der Waals surface area contributed by atoms with Crippen molar-refractivity contribution < 1.29 is 4.42 Å². The molecule has 0 saturated heterocycles. The van der Waals surface area contributed by atoms with Crippen LogP contribution in [0.5, 0.6) is 0 Å². The van der Waals surface area contributed by atoms with Crippen LogP contribution < -0.4 is 5.32 Å². The second kappa shape index (κ2) is 5.97. The van der Waals surface area contributed by atoms with Gasteiger partial charge in [-0.15, -0.1) is 0 Å². The summed E-state index contributed by atoms with van der Waals surface area (Å²) in [5, 5.41) is 5.00. The first kappa shape index (κ1) is 13.0. The van der Waals surface area contributed by atoms with Gasteiger partial charge in [-0.05, 0) is 31.5 Å². The lowest BCUT2D eigenvalue weighted by Gasteiger charge is -2.30. The van der Waals surface area contributed by atoms with Crippen LogP contribution in [0, 0.1) is 0 Å². The molecule has 0 bridgehead atoms. The number of oxazole rings is 1. The third-order valence-corrected chi connectivity index (χ3v) is 4.94. The predicted molar refractivity (Wildman–Crippen MR) is 79.6 cm³/mol. The quantitative estimate of drug-likeness (QED) is 0.920. The van der Waals surface area contributed by atoms with Gasteiger partial charge in [0.1, 0.15) is 5.52 Å². The molecule has 3 nitrogen and oxygen atoms in total. The molecule has 0 amide bonds. The Kier molecular flexibility index (Phi) is 4.09. The maximum atomic E-state index is 5.82. The summed E-state index contributed by atoms with van der Waals surface area (Å²) in [5.74, 6) is 0. The zero-order valence-corrected chi connectivity index (χ0v) is 12.1. The monoisotopic (exact) mass is 276 g/mol. The van der Waals surface area contributed by atoms with Gasteiger partial charge in [-0.1, -0.05) is 43.7 Å². The summed E-state index contributed by atoms with van der Waals surface area (Å²) in [6.45, 7) is 3.21. The summed E-state index contributed by atoms with van der Waals surface area (Å²) in [6.07, 6.45) is 5.18. The van der Waals surface area contributed by atoms with E-state index in [4.69, 9.17) is 4.42 Å². The van der Waals surface area contributed by atoms with Crippen LogP contribution >= 0.6 is 11.8 Å². The van der Waals surface area contributed by atoms with Crippen molar-refractivity contribution in [2.45, 2.75) is 49.1 Å². The minimum atomic E-state index is 0.585. The normalized spacial score (nSPS) is 23.8. The lowest BCUT2D eigenvalue weighted by molar-refractivity contribution is 0.387. The lowest BCUT2D eigenvalue weighted by Crippen LogP contribution is -2.40. The fourth-order valence-electron chi connectivity index (χ4n) is 2.76. The van der Waals surface area contributed by atoms with Gasteiger partial charge in [0.15, 0.2) is 5.58 Å². The van der Waals surface area contributed by atoms with Crippen LogP contribution in [-0.2, 0) is 0 Å². The molecule has 1 aromatic heterocycles. The van der Waals surface area contributed by atoms with Gasteiger partial charge in [-0.2, -0.15) is 0 Å². The fraction of sp³-hybridized carbons (Fsp3) is 0.533. The molecule has 1 saturated carbocycles. The number of rotatable bonds is 4. The number of fused-ring (bicyclic) bond motifs is 1. The second-order valence-corrected chi connectivity index (χ2v) is 6.24. The number of para-hydroxylation sites is 2. The molecule has 1 aliphatic rings. The van der Waals surface area contributed by atoms with E-state index in [0.29, 0.717) is 11.3 Å². The van der Waals surface area contributed by atoms with Gasteiger partial charge >= 0.3 is 0 Å². The molecule has 102 valence electrons. The van der Waals surface area contributed by atoms with E-state index in [1.807, 2.05) is 24.3 Å². The highest BCUT2D eigenvalue weighted by molar-refractivity contribution is 7.99. The average molecular weight is 276 g/mol. The lowest BCUT2D eigenvalue weighted by atomic mass is 9.95. The number of hydrogen-bond acceptors (Lipinski definition) is 4. The van der Waals surface area contributed by atoms with Gasteiger partial charge in [0.05, 0.1) is 0 Å². The number of benzene rings is 1. The first-order valence-electron chi connectivity index (χ1n) is 7.12. The van der Waals surface area contributed by atoms with Crippen molar-refractivity contribution in [3.05, 3.63) is 24.3 Å². The Balaban J connectivity index is 1.75. The van der Waals surface area contributed by atoms with Gasteiger partial charge in [-0.3, -0.25) is 0 Å². The Morgan fingerprint density at radius 1 is 1.32 bits per heavy atom. The highest BCUT2D eigenvalue weighted by atomic mass is 32.2. The van der Waals surface area contributed by atoms with Crippen LogP contribution in [0.25, 0.3) is 11.1 Å². The number of nitrogens with one attached hydrogen (secondary N) is 1. The summed E-state index contributed by atoms with van der Waals surface area (Å²) < 4.78 is 5.82. The number of aromatic nitrogens is 1. The average Bonchev–Trinajstić information content (AvgIpc) is 2.83. The first-order valence-corrected chi connectivity index (χ1v) is 8.00. The van der Waals surface area contributed by atoms with E-state index in [1.165, 1.54) is 25.7 Å². The Morgan fingerprint density at radius 2 is 2.16 bits per heavy atom. The number of hydrogen-bond donors (Lipinski definition) is 1. The van der Waals surface area contributed by atoms with Crippen molar-refractivity contribution in [1.29, 1.82) is 0 Å². The van der Waals surface area contributed by atoms with Crippen molar-refractivity contribution in [2.24, 2.45) is 0 Å². The summed E-state index contributed by atoms with van der Waals surface area (Å²) in [4.78, 5) is 4.57. The molecule has 0 spiro atoms. The molecule has 1 fully saturated rings. The minimum Gasteiger partial charge on any atom is -0.431 e. The summed E-state index contributed by atoms with van der Waals surface area (Å²) in [5.41, 5.74) is 1.85. The molecular formula is C15H20N2OS. The predicted octanol–water partition coefficient (Wildman–Crippen LogP) is 3.84. The highest BCUT2D eigenvalue weighted by Gasteiger charge is 2.26. The molecule has 19 heavy (non-hydrogen) atoms. The van der Waals surface area contributed by atoms with Gasteiger partial charge in [-0.25, -0.2) is 4.98 Å². The van der Waals surface area contributed by atoms with Crippen LogP contribution in [0.3, 0.4) is 0 Å². The molecule has 2 unspecified atom stereocenters. The zero-order chi connectivity index (χ0) is 13.1. The van der Waals surface area contributed by atoms with Crippen LogP contribution in [0.1, 0.15) is 32.6 Å². The van der Waals surface area contributed by atoms with Gasteiger partial charge in [0.2, 0.25) is 0 Å². The van der Waals surface area contributed by atoms with Crippen LogP contribution in [0.4, 0.5) is 0 Å². The SMILES string of the molecule is CCNC1CCCCC1Sc1nc2ccccc2o1. The molecule has 3 rings (SSSR count). The van der Waals surface area contributed by atoms with E-state index < -0.39 is 0 Å². The topological polar surface area (TPSA) is 38.1 Å². The molecule has 1 heterocycles. The van der Waals surface area contributed by atoms with Crippen LogP contribution in [0.15, 0.2) is 33.9 Å². The Bertz CT molecular complexity index is 505. The van der Waals surface area contributed by atoms with Crippen molar-refractivity contribution in [3.8, 4) is 0 Å². The number of nitrogens with zero attached hydrogens (tertiary/aromatic N) is 1. The third kappa shape index (κ3) is 2.95. The molecule has 2 aromatic rings. The van der Waals surface area contributed by atoms with Gasteiger partial charge in [0.25, 0.3) is 5.22 Å². The van der Waals surface area contributed by atoms with E-state index in [9.17, 15) is 0 Å². The molecule has 1 aromatic carbocycles. The zero-order valence-electron chi connectivity index (χ0n) is 11.3. The molecule has 1 aliphatic carbocycles. The Morgan fingerprint density at radius 3 is 3.00 bits per heavy atom. The molecule has 2 atom stereocenters. The van der Waals surface area contributed by atoms with Crippen molar-refractivity contribution in [2.75, 3.05) is 6.54 Å². The third-order valence-electron chi connectivity index (χ3n) is 3.70. The van der Waals surface area contributed by atoms with Crippen molar-refractivity contribution in [3.63, 3.8) is 0 Å². The van der Waals surface area contributed by atoms with Crippen LogP contribution in [0.2, 0.25) is 0 Å². The fourth-order valence-corrected chi connectivity index (χ4v) is 3.99. The Labute approximate surface area is 118 Å². The summed E-state index contributed by atoms with van der Waals surface area (Å²) >= 11 is 1.80. The smallest absolute Gasteiger partial charge is 0.257 e. The highest BCUT2D eigenvalue weighted by Crippen LogP contribution is 2.34. The van der Waals surface area contributed by atoms with Crippen molar-refractivity contribution in [1.82, 2.24) is 10.3 Å². The minimum absolute atomic E-state index is 0.585. The molecular weight excluding hydrogens is 256 g/mol. The maximum Gasteiger partial charge on any atom is 0.257 e. The maximum absolute atomic E-state index is 5.82. The first-order chi connectivity index (χ1) is 9.36. The standard InChI is InChI=1S/C15H20N2OS/c1-2-16-12-8-4-6-10-14(12)19-15-17-11-7-3-5-9-13(11)18-15/h3,5,7,9,12,14,16H,2,4,6,8,10H2,1H3. The van der Waals surface area contributed by atoms with Gasteiger partial charge in [0, 0.05) is 11.3 Å². The largest absolute Gasteiger partial charge is 0.431 e. The molecule has 1 N–H and O–H groups in total.